The Kier molecular flexibility index (Phi) is 49.5. The quantitative estimate of drug-likeness (QED) is 0.0195. The molecule has 0 aromatic carbocycles. The Morgan fingerprint density at radius 1 is 0.471 bits per heavy atom. The number of phosphoric acid groups is 1. The number of likely N-dealkylation sites (N-methyl/N-ethyl adjacent to an activating group) is 1. The molecule has 0 saturated heterocycles. The van der Waals surface area contributed by atoms with Crippen LogP contribution in [0.25, 0.3) is 0 Å². The fourth-order valence-electron chi connectivity index (χ4n) is 7.85. The Bertz CT molecular complexity index is 1410. The molecule has 0 bridgehead atoms. The Morgan fingerprint density at radius 3 is 1.27 bits per heavy atom. The SMILES string of the molecule is CC/C=C\C/C=C\C/C=C\C/C=C\C/C=C\CC(=O)OC(COC(=O)CCCCCCCCCCCCCCCCCCCCC/C=C\CCCCCCCCCC)COP(=O)([O-])OCC[N+](C)(C)C. The van der Waals surface area contributed by atoms with E-state index in [-0.39, 0.29) is 26.1 Å². The molecule has 2 atom stereocenters. The standard InChI is InChI=1S/C60H108NO8P/c1-6-8-10-12-14-16-18-20-22-23-24-25-26-27-28-29-30-31-32-33-34-35-36-37-39-40-42-44-46-48-50-52-59(62)66-56-58(57-68-70(64,65)67-55-54-61(3,4)5)69-60(63)53-51-49-47-45-43-41-38-21-19-17-15-13-11-9-7-2/h9,11,15,17,21,23-24,38,43,45,49,51,58H,6-8,10,12-14,16,18-20,22,25-37,39-42,44,46-48,50,52-57H2,1-5H3/b11-9-,17-15-,24-23-,38-21-,45-43-,51-49-. The van der Waals surface area contributed by atoms with Gasteiger partial charge in [0.25, 0.3) is 7.82 Å². The normalized spacial score (nSPS) is 13.9. The topological polar surface area (TPSA) is 111 Å². The van der Waals surface area contributed by atoms with E-state index in [4.69, 9.17) is 18.5 Å². The third-order valence-electron chi connectivity index (χ3n) is 12.2. The molecule has 0 aliphatic carbocycles. The average molecular weight is 1000 g/mol. The van der Waals surface area contributed by atoms with E-state index in [1.165, 1.54) is 167 Å². The van der Waals surface area contributed by atoms with Gasteiger partial charge < -0.3 is 27.9 Å². The van der Waals surface area contributed by atoms with Crippen LogP contribution in [0.4, 0.5) is 0 Å². The van der Waals surface area contributed by atoms with Gasteiger partial charge in [-0.25, -0.2) is 0 Å². The maximum absolute atomic E-state index is 12.7. The summed E-state index contributed by atoms with van der Waals surface area (Å²) in [5, 5.41) is 0. The molecule has 0 spiro atoms. The molecule has 10 heteroatoms. The number of nitrogens with zero attached hydrogens (tertiary/aromatic N) is 1. The third kappa shape index (κ3) is 54.8. The van der Waals surface area contributed by atoms with Crippen molar-refractivity contribution in [3.63, 3.8) is 0 Å². The summed E-state index contributed by atoms with van der Waals surface area (Å²) in [5.41, 5.74) is 0. The number of ether oxygens (including phenoxy) is 2. The highest BCUT2D eigenvalue weighted by atomic mass is 31.2. The second-order valence-corrected chi connectivity index (χ2v) is 21.7. The fourth-order valence-corrected chi connectivity index (χ4v) is 8.57. The zero-order valence-electron chi connectivity index (χ0n) is 46.0. The highest BCUT2D eigenvalue weighted by molar-refractivity contribution is 7.45. The molecule has 0 heterocycles. The number of rotatable bonds is 52. The number of hydrogen-bond acceptors (Lipinski definition) is 8. The monoisotopic (exact) mass is 1000 g/mol. The van der Waals surface area contributed by atoms with E-state index >= 15 is 0 Å². The van der Waals surface area contributed by atoms with Gasteiger partial charge in [0.2, 0.25) is 0 Å². The summed E-state index contributed by atoms with van der Waals surface area (Å²) in [6.45, 7) is 4.02. The molecule has 0 aliphatic heterocycles. The Labute approximate surface area is 431 Å². The van der Waals surface area contributed by atoms with Crippen molar-refractivity contribution in [1.29, 1.82) is 0 Å². The lowest BCUT2D eigenvalue weighted by atomic mass is 10.0. The first-order chi connectivity index (χ1) is 34.0. The van der Waals surface area contributed by atoms with Crippen molar-refractivity contribution in [2.24, 2.45) is 0 Å². The van der Waals surface area contributed by atoms with Crippen LogP contribution < -0.4 is 4.89 Å². The summed E-state index contributed by atoms with van der Waals surface area (Å²) in [4.78, 5) is 37.7. The molecule has 0 amide bonds. The molecule has 406 valence electrons. The average Bonchev–Trinajstić information content (AvgIpc) is 3.32. The zero-order chi connectivity index (χ0) is 51.3. The second-order valence-electron chi connectivity index (χ2n) is 20.3. The summed E-state index contributed by atoms with van der Waals surface area (Å²) in [7, 11) is 1.11. The first-order valence-electron chi connectivity index (χ1n) is 28.6. The van der Waals surface area contributed by atoms with E-state index in [0.29, 0.717) is 17.4 Å². The molecule has 0 saturated carbocycles. The predicted molar refractivity (Wildman–Crippen MR) is 296 cm³/mol. The van der Waals surface area contributed by atoms with E-state index in [9.17, 15) is 19.0 Å². The van der Waals surface area contributed by atoms with Crippen molar-refractivity contribution in [3.8, 4) is 0 Å². The molecule has 70 heavy (non-hydrogen) atoms. The molecular formula is C60H108NO8P. The first-order valence-corrected chi connectivity index (χ1v) is 30.1. The van der Waals surface area contributed by atoms with Gasteiger partial charge in [0, 0.05) is 6.42 Å². The minimum absolute atomic E-state index is 0.00840. The number of allylic oxidation sites excluding steroid dienone is 11. The Balaban J connectivity index is 4.09. The number of esters is 2. The van der Waals surface area contributed by atoms with Crippen molar-refractivity contribution < 1.29 is 42.1 Å². The maximum Gasteiger partial charge on any atom is 0.310 e. The summed E-state index contributed by atoms with van der Waals surface area (Å²) in [6, 6.07) is 0. The maximum atomic E-state index is 12.7. The van der Waals surface area contributed by atoms with E-state index in [2.05, 4.69) is 68.5 Å². The molecule has 0 aromatic heterocycles. The number of quaternary nitrogens is 1. The van der Waals surface area contributed by atoms with Gasteiger partial charge in [-0.15, -0.1) is 0 Å². The zero-order valence-corrected chi connectivity index (χ0v) is 46.8. The van der Waals surface area contributed by atoms with Crippen molar-refractivity contribution in [2.75, 3.05) is 47.5 Å². The van der Waals surface area contributed by atoms with Crippen LogP contribution in [0.3, 0.4) is 0 Å². The summed E-state index contributed by atoms with van der Waals surface area (Å²) in [6.07, 6.45) is 67.2. The number of carbonyl (C=O) groups is 2. The lowest BCUT2D eigenvalue weighted by molar-refractivity contribution is -0.870. The molecule has 2 unspecified atom stereocenters. The number of phosphoric ester groups is 1. The number of hydrogen-bond donors (Lipinski definition) is 0. The van der Waals surface area contributed by atoms with Gasteiger partial charge >= 0.3 is 11.9 Å². The number of carbonyl (C=O) groups excluding carboxylic acids is 2. The highest BCUT2D eigenvalue weighted by Gasteiger charge is 2.21. The van der Waals surface area contributed by atoms with Crippen LogP contribution >= 0.6 is 7.82 Å². The van der Waals surface area contributed by atoms with Gasteiger partial charge in [0.15, 0.2) is 6.10 Å². The van der Waals surface area contributed by atoms with Crippen molar-refractivity contribution in [3.05, 3.63) is 72.9 Å². The highest BCUT2D eigenvalue weighted by Crippen LogP contribution is 2.38. The minimum atomic E-state index is -4.66. The molecule has 0 N–H and O–H groups in total. The second kappa shape index (κ2) is 51.4. The van der Waals surface area contributed by atoms with E-state index < -0.39 is 32.5 Å². The lowest BCUT2D eigenvalue weighted by Crippen LogP contribution is -2.37. The van der Waals surface area contributed by atoms with E-state index in [1.54, 1.807) is 6.08 Å². The molecule has 0 fully saturated rings. The van der Waals surface area contributed by atoms with Crippen LogP contribution in [0.2, 0.25) is 0 Å². The van der Waals surface area contributed by atoms with Gasteiger partial charge in [0.05, 0.1) is 34.2 Å². The minimum Gasteiger partial charge on any atom is -0.756 e. The molecule has 0 aliphatic rings. The summed E-state index contributed by atoms with van der Waals surface area (Å²) >= 11 is 0. The van der Waals surface area contributed by atoms with Crippen molar-refractivity contribution in [1.82, 2.24) is 0 Å². The molecule has 0 rings (SSSR count). The van der Waals surface area contributed by atoms with Crippen LogP contribution in [-0.2, 0) is 32.7 Å². The van der Waals surface area contributed by atoms with Gasteiger partial charge in [-0.1, -0.05) is 241 Å². The van der Waals surface area contributed by atoms with E-state index in [0.717, 1.165) is 44.9 Å². The predicted octanol–water partition coefficient (Wildman–Crippen LogP) is 17.1. The van der Waals surface area contributed by atoms with Gasteiger partial charge in [-0.2, -0.15) is 0 Å². The summed E-state index contributed by atoms with van der Waals surface area (Å²) in [5.74, 6) is -0.977. The third-order valence-corrected chi connectivity index (χ3v) is 13.2. The molecule has 0 aromatic rings. The molecular weight excluding hydrogens is 894 g/mol. The van der Waals surface area contributed by atoms with Gasteiger partial charge in [-0.3, -0.25) is 14.2 Å². The largest absolute Gasteiger partial charge is 0.756 e. The summed E-state index contributed by atoms with van der Waals surface area (Å²) < 4.78 is 33.9. The van der Waals surface area contributed by atoms with Crippen LogP contribution in [0.15, 0.2) is 72.9 Å². The van der Waals surface area contributed by atoms with Crippen LogP contribution in [0.1, 0.15) is 245 Å². The van der Waals surface area contributed by atoms with Crippen LogP contribution in [0, 0.1) is 0 Å². The van der Waals surface area contributed by atoms with Crippen molar-refractivity contribution >= 4 is 19.8 Å². The Morgan fingerprint density at radius 2 is 0.857 bits per heavy atom. The van der Waals surface area contributed by atoms with Crippen molar-refractivity contribution in [2.45, 2.75) is 251 Å². The van der Waals surface area contributed by atoms with E-state index in [1.807, 2.05) is 33.3 Å². The van der Waals surface area contributed by atoms with Crippen LogP contribution in [0.5, 0.6) is 0 Å². The fraction of sp³-hybridized carbons (Fsp3) is 0.767. The van der Waals surface area contributed by atoms with Crippen LogP contribution in [-0.4, -0.2) is 70.0 Å². The number of unbranched alkanes of at least 4 members (excludes halogenated alkanes) is 27. The van der Waals surface area contributed by atoms with Gasteiger partial charge in [0.1, 0.15) is 19.8 Å². The molecule has 0 radical (unpaired) electrons. The molecule has 9 nitrogen and oxygen atoms in total. The smallest absolute Gasteiger partial charge is 0.310 e. The van der Waals surface area contributed by atoms with Gasteiger partial charge in [-0.05, 0) is 64.2 Å². The Hall–Kier alpha value is -2.55. The lowest BCUT2D eigenvalue weighted by Gasteiger charge is -2.28. The first kappa shape index (κ1) is 67.5.